The van der Waals surface area contributed by atoms with Crippen molar-refractivity contribution in [3.05, 3.63) is 22.4 Å². The summed E-state index contributed by atoms with van der Waals surface area (Å²) in [4.78, 5) is 16.4. The molecule has 1 aromatic heterocycles. The molecule has 0 radical (unpaired) electrons. The monoisotopic (exact) mass is 336 g/mol. The minimum atomic E-state index is 0.126. The SMILES string of the molecule is C[C@H](NC(=O)C1CCCCC1)[C@H](c1cccs1)N1CCOCC1. The zero-order valence-electron chi connectivity index (χ0n) is 14.0. The number of nitrogens with zero attached hydrogens (tertiary/aromatic N) is 1. The van der Waals surface area contributed by atoms with Crippen molar-refractivity contribution in [1.82, 2.24) is 10.2 Å². The number of carbonyl (C=O) groups is 1. The molecule has 0 aromatic carbocycles. The molecule has 128 valence electrons. The van der Waals surface area contributed by atoms with Crippen LogP contribution in [-0.4, -0.2) is 43.2 Å². The standard InChI is InChI=1S/C18H28N2O2S/c1-14(19-18(21)15-6-3-2-4-7-15)17(16-8-5-13-23-16)20-9-11-22-12-10-20/h5,8,13-15,17H,2-4,6-7,9-12H2,1H3,(H,19,21)/t14-,17+/m0/s1. The fraction of sp³-hybridized carbons (Fsp3) is 0.722. The molecule has 4 nitrogen and oxygen atoms in total. The van der Waals surface area contributed by atoms with Crippen molar-refractivity contribution in [2.24, 2.45) is 5.92 Å². The molecule has 1 saturated heterocycles. The molecule has 2 atom stereocenters. The van der Waals surface area contributed by atoms with E-state index in [9.17, 15) is 4.79 Å². The van der Waals surface area contributed by atoms with Gasteiger partial charge in [0.1, 0.15) is 0 Å². The smallest absolute Gasteiger partial charge is 0.223 e. The van der Waals surface area contributed by atoms with Crippen molar-refractivity contribution in [2.45, 2.75) is 51.1 Å². The van der Waals surface area contributed by atoms with E-state index in [0.29, 0.717) is 0 Å². The van der Waals surface area contributed by atoms with Gasteiger partial charge in [0, 0.05) is 29.9 Å². The normalized spacial score (nSPS) is 23.3. The Morgan fingerprint density at radius 3 is 2.70 bits per heavy atom. The fourth-order valence-corrected chi connectivity index (χ4v) is 4.81. The van der Waals surface area contributed by atoms with Crippen LogP contribution in [0.15, 0.2) is 17.5 Å². The highest BCUT2D eigenvalue weighted by Gasteiger charge is 2.31. The lowest BCUT2D eigenvalue weighted by atomic mass is 9.88. The van der Waals surface area contributed by atoms with E-state index in [1.54, 1.807) is 11.3 Å². The van der Waals surface area contributed by atoms with Crippen LogP contribution in [0.1, 0.15) is 49.9 Å². The molecule has 1 aliphatic heterocycles. The predicted molar refractivity (Wildman–Crippen MR) is 93.6 cm³/mol. The molecule has 1 amide bonds. The van der Waals surface area contributed by atoms with Crippen molar-refractivity contribution in [1.29, 1.82) is 0 Å². The Balaban J connectivity index is 1.67. The molecular weight excluding hydrogens is 308 g/mol. The Morgan fingerprint density at radius 2 is 2.04 bits per heavy atom. The summed E-state index contributed by atoms with van der Waals surface area (Å²) < 4.78 is 5.50. The molecule has 23 heavy (non-hydrogen) atoms. The van der Waals surface area contributed by atoms with Gasteiger partial charge in [-0.05, 0) is 31.2 Å². The number of morpholine rings is 1. The maximum atomic E-state index is 12.6. The number of thiophene rings is 1. The average Bonchev–Trinajstić information content (AvgIpc) is 3.11. The number of rotatable bonds is 5. The summed E-state index contributed by atoms with van der Waals surface area (Å²) in [7, 11) is 0. The summed E-state index contributed by atoms with van der Waals surface area (Å²) in [6.45, 7) is 5.59. The van der Waals surface area contributed by atoms with Crippen LogP contribution in [0.4, 0.5) is 0 Å². The van der Waals surface area contributed by atoms with E-state index in [2.05, 4.69) is 34.7 Å². The number of carbonyl (C=O) groups excluding carboxylic acids is 1. The second-order valence-electron chi connectivity index (χ2n) is 6.74. The first-order valence-corrected chi connectivity index (χ1v) is 9.79. The van der Waals surface area contributed by atoms with Crippen LogP contribution >= 0.6 is 11.3 Å². The first-order valence-electron chi connectivity index (χ1n) is 8.91. The van der Waals surface area contributed by atoms with E-state index in [0.717, 1.165) is 39.1 Å². The fourth-order valence-electron chi connectivity index (χ4n) is 3.84. The Bertz CT molecular complexity index is 479. The van der Waals surface area contributed by atoms with E-state index >= 15 is 0 Å². The summed E-state index contributed by atoms with van der Waals surface area (Å²) in [6.07, 6.45) is 5.79. The maximum Gasteiger partial charge on any atom is 0.223 e. The second-order valence-corrected chi connectivity index (χ2v) is 7.72. The molecule has 1 aliphatic carbocycles. The molecule has 0 spiro atoms. The molecule has 2 aliphatic rings. The van der Waals surface area contributed by atoms with Gasteiger partial charge in [-0.25, -0.2) is 0 Å². The van der Waals surface area contributed by atoms with E-state index in [-0.39, 0.29) is 23.9 Å². The van der Waals surface area contributed by atoms with Crippen molar-refractivity contribution in [3.63, 3.8) is 0 Å². The minimum Gasteiger partial charge on any atom is -0.379 e. The molecule has 3 rings (SSSR count). The van der Waals surface area contributed by atoms with Crippen LogP contribution in [0.25, 0.3) is 0 Å². The third-order valence-electron chi connectivity index (χ3n) is 5.09. The summed E-state index contributed by atoms with van der Waals surface area (Å²) in [5.74, 6) is 0.479. The van der Waals surface area contributed by atoms with Crippen molar-refractivity contribution >= 4 is 17.2 Å². The summed E-state index contributed by atoms with van der Waals surface area (Å²) in [6, 6.07) is 4.67. The third kappa shape index (κ3) is 4.34. The van der Waals surface area contributed by atoms with Crippen LogP contribution < -0.4 is 5.32 Å². The largest absolute Gasteiger partial charge is 0.379 e. The molecule has 1 N–H and O–H groups in total. The molecule has 2 fully saturated rings. The van der Waals surface area contributed by atoms with Gasteiger partial charge in [0.15, 0.2) is 0 Å². The highest BCUT2D eigenvalue weighted by molar-refractivity contribution is 7.10. The number of amides is 1. The van der Waals surface area contributed by atoms with Crippen LogP contribution in [0.3, 0.4) is 0 Å². The second kappa shape index (κ2) is 8.27. The van der Waals surface area contributed by atoms with E-state index in [1.165, 1.54) is 24.1 Å². The van der Waals surface area contributed by atoms with E-state index < -0.39 is 0 Å². The van der Waals surface area contributed by atoms with Crippen LogP contribution in [0, 0.1) is 5.92 Å². The van der Waals surface area contributed by atoms with Gasteiger partial charge in [-0.2, -0.15) is 0 Å². The summed E-state index contributed by atoms with van der Waals surface area (Å²) in [5.41, 5.74) is 0. The highest BCUT2D eigenvalue weighted by atomic mass is 32.1. The number of hydrogen-bond acceptors (Lipinski definition) is 4. The summed E-state index contributed by atoms with van der Waals surface area (Å²) in [5, 5.41) is 5.44. The van der Waals surface area contributed by atoms with Gasteiger partial charge in [-0.1, -0.05) is 25.3 Å². The molecule has 2 heterocycles. The van der Waals surface area contributed by atoms with Gasteiger partial charge < -0.3 is 10.1 Å². The van der Waals surface area contributed by atoms with E-state index in [4.69, 9.17) is 4.74 Å². The lowest BCUT2D eigenvalue weighted by Crippen LogP contribution is -2.49. The first kappa shape index (κ1) is 16.9. The number of ether oxygens (including phenoxy) is 1. The Hall–Kier alpha value is -0.910. The molecule has 1 aromatic rings. The van der Waals surface area contributed by atoms with Gasteiger partial charge in [0.2, 0.25) is 5.91 Å². The minimum absolute atomic E-state index is 0.126. The zero-order chi connectivity index (χ0) is 16.1. The van der Waals surface area contributed by atoms with Crippen molar-refractivity contribution in [2.75, 3.05) is 26.3 Å². The van der Waals surface area contributed by atoms with Gasteiger partial charge in [-0.15, -0.1) is 11.3 Å². The van der Waals surface area contributed by atoms with Gasteiger partial charge in [0.25, 0.3) is 0 Å². The zero-order valence-corrected chi connectivity index (χ0v) is 14.8. The first-order chi connectivity index (χ1) is 11.3. The molecule has 0 bridgehead atoms. The van der Waals surface area contributed by atoms with Gasteiger partial charge in [0.05, 0.1) is 19.3 Å². The molecule has 5 heteroatoms. The molecular formula is C18H28N2O2S. The van der Waals surface area contributed by atoms with Crippen LogP contribution in [0.5, 0.6) is 0 Å². The maximum absolute atomic E-state index is 12.6. The highest BCUT2D eigenvalue weighted by Crippen LogP contribution is 2.30. The quantitative estimate of drug-likeness (QED) is 0.898. The van der Waals surface area contributed by atoms with Crippen LogP contribution in [-0.2, 0) is 9.53 Å². The summed E-state index contributed by atoms with van der Waals surface area (Å²) >= 11 is 1.78. The van der Waals surface area contributed by atoms with Crippen molar-refractivity contribution < 1.29 is 9.53 Å². The van der Waals surface area contributed by atoms with E-state index in [1.807, 2.05) is 0 Å². The van der Waals surface area contributed by atoms with Gasteiger partial charge in [-0.3, -0.25) is 9.69 Å². The topological polar surface area (TPSA) is 41.6 Å². The number of nitrogens with one attached hydrogen (secondary N) is 1. The molecule has 1 saturated carbocycles. The van der Waals surface area contributed by atoms with Gasteiger partial charge >= 0.3 is 0 Å². The average molecular weight is 337 g/mol. The van der Waals surface area contributed by atoms with Crippen molar-refractivity contribution in [3.8, 4) is 0 Å². The van der Waals surface area contributed by atoms with Crippen LogP contribution in [0.2, 0.25) is 0 Å². The Kier molecular flexibility index (Phi) is 6.08. The number of hydrogen-bond donors (Lipinski definition) is 1. The molecule has 0 unspecified atom stereocenters. The lowest BCUT2D eigenvalue weighted by molar-refractivity contribution is -0.127. The lowest BCUT2D eigenvalue weighted by Gasteiger charge is -2.38. The third-order valence-corrected chi connectivity index (χ3v) is 6.04. The Morgan fingerprint density at radius 1 is 1.30 bits per heavy atom. The Labute approximate surface area is 143 Å². The predicted octanol–water partition coefficient (Wildman–Crippen LogP) is 3.21.